The second kappa shape index (κ2) is 4.96. The third kappa shape index (κ3) is 3.14. The van der Waals surface area contributed by atoms with Crippen LogP contribution in [-0.4, -0.2) is 32.1 Å². The molecule has 0 aliphatic carbocycles. The van der Waals surface area contributed by atoms with E-state index in [1.54, 1.807) is 17.0 Å². The quantitative estimate of drug-likeness (QED) is 0.892. The number of carbonyl (C=O) groups excluding carboxylic acids is 1. The lowest BCUT2D eigenvalue weighted by Gasteiger charge is -2.20. The first kappa shape index (κ1) is 14.0. The highest BCUT2D eigenvalue weighted by Crippen LogP contribution is 2.15. The molecule has 6 heteroatoms. The van der Waals surface area contributed by atoms with Crippen LogP contribution in [0.1, 0.15) is 31.1 Å². The fourth-order valence-electron chi connectivity index (χ4n) is 1.93. The highest BCUT2D eigenvalue weighted by molar-refractivity contribution is 5.92. The molecule has 0 saturated carbocycles. The number of aromatic carboxylic acids is 1. The van der Waals surface area contributed by atoms with Crippen molar-refractivity contribution in [1.29, 1.82) is 0 Å². The number of imidazole rings is 1. The van der Waals surface area contributed by atoms with Crippen molar-refractivity contribution in [3.05, 3.63) is 30.1 Å². The topological polar surface area (TPSA) is 84.2 Å². The number of nitrogens with one attached hydrogen (secondary N) is 1. The van der Waals surface area contributed by atoms with E-state index in [0.29, 0.717) is 11.0 Å². The zero-order chi connectivity index (χ0) is 14.9. The van der Waals surface area contributed by atoms with Gasteiger partial charge in [0.1, 0.15) is 6.54 Å². The second-order valence-corrected chi connectivity index (χ2v) is 5.68. The summed E-state index contributed by atoms with van der Waals surface area (Å²) in [5.74, 6) is -1.14. The van der Waals surface area contributed by atoms with E-state index in [-0.39, 0.29) is 23.6 Å². The number of carboxylic acid groups (broad SMARTS) is 1. The van der Waals surface area contributed by atoms with Crippen LogP contribution in [0.25, 0.3) is 11.0 Å². The lowest BCUT2D eigenvalue weighted by atomic mass is 10.1. The fraction of sp³-hybridized carbons (Fsp3) is 0.357. The van der Waals surface area contributed by atoms with Gasteiger partial charge in [-0.25, -0.2) is 9.78 Å². The maximum absolute atomic E-state index is 11.9. The zero-order valence-electron chi connectivity index (χ0n) is 11.7. The number of carboxylic acids is 1. The van der Waals surface area contributed by atoms with Crippen LogP contribution in [0.5, 0.6) is 0 Å². The van der Waals surface area contributed by atoms with Gasteiger partial charge in [0, 0.05) is 5.54 Å². The number of fused-ring (bicyclic) bond motifs is 1. The number of amides is 1. The SMILES string of the molecule is CC(C)(C)NC(=O)Cn1cnc2ccc(C(=O)O)cc21. The molecule has 0 aliphatic rings. The van der Waals surface area contributed by atoms with Gasteiger partial charge < -0.3 is 15.0 Å². The summed E-state index contributed by atoms with van der Waals surface area (Å²) in [7, 11) is 0. The van der Waals surface area contributed by atoms with Crippen LogP contribution in [-0.2, 0) is 11.3 Å². The van der Waals surface area contributed by atoms with Gasteiger partial charge in [-0.2, -0.15) is 0 Å². The summed E-state index contributed by atoms with van der Waals surface area (Å²) in [6.45, 7) is 5.81. The van der Waals surface area contributed by atoms with Crippen molar-refractivity contribution < 1.29 is 14.7 Å². The molecule has 2 rings (SSSR count). The van der Waals surface area contributed by atoms with Gasteiger partial charge in [0.25, 0.3) is 0 Å². The summed E-state index contributed by atoms with van der Waals surface area (Å²) in [6.07, 6.45) is 1.54. The van der Waals surface area contributed by atoms with Crippen LogP contribution < -0.4 is 5.32 Å². The molecule has 0 fully saturated rings. The van der Waals surface area contributed by atoms with Crippen LogP contribution in [0.3, 0.4) is 0 Å². The molecule has 0 aliphatic heterocycles. The number of nitrogens with zero attached hydrogens (tertiary/aromatic N) is 2. The average Bonchev–Trinajstić information content (AvgIpc) is 2.69. The Kier molecular flexibility index (Phi) is 3.48. The number of benzene rings is 1. The number of hydrogen-bond acceptors (Lipinski definition) is 3. The predicted octanol–water partition coefficient (Wildman–Crippen LogP) is 1.65. The molecule has 0 spiro atoms. The van der Waals surface area contributed by atoms with Gasteiger partial charge in [0.15, 0.2) is 0 Å². The molecule has 1 aromatic carbocycles. The molecule has 20 heavy (non-hydrogen) atoms. The second-order valence-electron chi connectivity index (χ2n) is 5.68. The Hall–Kier alpha value is -2.37. The van der Waals surface area contributed by atoms with Gasteiger partial charge >= 0.3 is 5.97 Å². The third-order valence-electron chi connectivity index (χ3n) is 2.70. The summed E-state index contributed by atoms with van der Waals surface area (Å²) in [6, 6.07) is 4.66. The Morgan fingerprint density at radius 1 is 1.35 bits per heavy atom. The third-order valence-corrected chi connectivity index (χ3v) is 2.70. The molecule has 0 radical (unpaired) electrons. The van der Waals surface area contributed by atoms with Crippen molar-refractivity contribution in [2.75, 3.05) is 0 Å². The van der Waals surface area contributed by atoms with Crippen molar-refractivity contribution in [2.45, 2.75) is 32.9 Å². The molecular weight excluding hydrogens is 258 g/mol. The minimum absolute atomic E-state index is 0.108. The van der Waals surface area contributed by atoms with Gasteiger partial charge in [-0.05, 0) is 39.0 Å². The molecule has 1 amide bonds. The van der Waals surface area contributed by atoms with E-state index >= 15 is 0 Å². The van der Waals surface area contributed by atoms with E-state index in [2.05, 4.69) is 10.3 Å². The van der Waals surface area contributed by atoms with Gasteiger partial charge in [0.2, 0.25) is 5.91 Å². The van der Waals surface area contributed by atoms with Gasteiger partial charge in [-0.3, -0.25) is 4.79 Å². The highest BCUT2D eigenvalue weighted by Gasteiger charge is 2.15. The Morgan fingerprint density at radius 2 is 2.05 bits per heavy atom. The Morgan fingerprint density at radius 3 is 2.65 bits per heavy atom. The molecule has 0 saturated heterocycles. The largest absolute Gasteiger partial charge is 0.478 e. The summed E-state index contributed by atoms with van der Waals surface area (Å²) in [5.41, 5.74) is 1.17. The van der Waals surface area contributed by atoms with E-state index in [0.717, 1.165) is 0 Å². The number of hydrogen-bond donors (Lipinski definition) is 2. The molecule has 2 aromatic rings. The van der Waals surface area contributed by atoms with Gasteiger partial charge in [0.05, 0.1) is 22.9 Å². The Balaban J connectivity index is 2.28. The monoisotopic (exact) mass is 275 g/mol. The summed E-state index contributed by atoms with van der Waals surface area (Å²) >= 11 is 0. The standard InChI is InChI=1S/C14H17N3O3/c1-14(2,3)16-12(18)7-17-8-15-10-5-4-9(13(19)20)6-11(10)17/h4-6,8H,7H2,1-3H3,(H,16,18)(H,19,20). The van der Waals surface area contributed by atoms with Crippen LogP contribution in [0.15, 0.2) is 24.5 Å². The smallest absolute Gasteiger partial charge is 0.335 e. The van der Waals surface area contributed by atoms with Crippen LogP contribution in [0.2, 0.25) is 0 Å². The van der Waals surface area contributed by atoms with Crippen LogP contribution in [0.4, 0.5) is 0 Å². The molecular formula is C14H17N3O3. The number of rotatable bonds is 3. The molecule has 6 nitrogen and oxygen atoms in total. The number of carbonyl (C=O) groups is 2. The Bertz CT molecular complexity index is 668. The van der Waals surface area contributed by atoms with Crippen molar-refractivity contribution in [3.63, 3.8) is 0 Å². The van der Waals surface area contributed by atoms with Crippen molar-refractivity contribution in [3.8, 4) is 0 Å². The van der Waals surface area contributed by atoms with Crippen LogP contribution in [0, 0.1) is 0 Å². The maximum atomic E-state index is 11.9. The van der Waals surface area contributed by atoms with Gasteiger partial charge in [-0.15, -0.1) is 0 Å². The van der Waals surface area contributed by atoms with Gasteiger partial charge in [-0.1, -0.05) is 0 Å². The van der Waals surface area contributed by atoms with Crippen LogP contribution >= 0.6 is 0 Å². The zero-order valence-corrected chi connectivity index (χ0v) is 11.7. The maximum Gasteiger partial charge on any atom is 0.335 e. The van der Waals surface area contributed by atoms with E-state index in [1.165, 1.54) is 12.1 Å². The first-order chi connectivity index (χ1) is 9.26. The summed E-state index contributed by atoms with van der Waals surface area (Å²) in [5, 5.41) is 11.9. The first-order valence-electron chi connectivity index (χ1n) is 6.25. The average molecular weight is 275 g/mol. The molecule has 1 heterocycles. The van der Waals surface area contributed by atoms with E-state index in [9.17, 15) is 9.59 Å². The minimum atomic E-state index is -1.00. The summed E-state index contributed by atoms with van der Waals surface area (Å²) < 4.78 is 1.64. The van der Waals surface area contributed by atoms with Crippen molar-refractivity contribution in [2.24, 2.45) is 0 Å². The lowest BCUT2D eigenvalue weighted by molar-refractivity contribution is -0.123. The highest BCUT2D eigenvalue weighted by atomic mass is 16.4. The van der Waals surface area contributed by atoms with Crippen molar-refractivity contribution >= 4 is 22.9 Å². The number of aromatic nitrogens is 2. The Labute approximate surface area is 116 Å². The molecule has 1 aromatic heterocycles. The lowest BCUT2D eigenvalue weighted by Crippen LogP contribution is -2.42. The fourth-order valence-corrected chi connectivity index (χ4v) is 1.93. The molecule has 0 atom stereocenters. The molecule has 0 unspecified atom stereocenters. The van der Waals surface area contributed by atoms with E-state index < -0.39 is 5.97 Å². The van der Waals surface area contributed by atoms with E-state index in [4.69, 9.17) is 5.11 Å². The molecule has 2 N–H and O–H groups in total. The first-order valence-corrected chi connectivity index (χ1v) is 6.25. The van der Waals surface area contributed by atoms with E-state index in [1.807, 2.05) is 20.8 Å². The minimum Gasteiger partial charge on any atom is -0.478 e. The molecule has 0 bridgehead atoms. The summed E-state index contributed by atoms with van der Waals surface area (Å²) in [4.78, 5) is 27.0. The van der Waals surface area contributed by atoms with Crippen molar-refractivity contribution in [1.82, 2.24) is 14.9 Å². The normalized spacial score (nSPS) is 11.6. The molecule has 106 valence electrons. The predicted molar refractivity (Wildman–Crippen MR) is 74.6 cm³/mol.